The van der Waals surface area contributed by atoms with Crippen molar-refractivity contribution in [1.82, 2.24) is 0 Å². The van der Waals surface area contributed by atoms with E-state index in [9.17, 15) is 0 Å². The highest BCUT2D eigenvalue weighted by Gasteiger charge is 2.17. The number of hydrogen-bond acceptors (Lipinski definition) is 3. The number of ether oxygens (including phenoxy) is 2. The van der Waals surface area contributed by atoms with Gasteiger partial charge in [0.05, 0.1) is 14.2 Å². The third-order valence-electron chi connectivity index (χ3n) is 2.78. The number of methoxy groups -OCH3 is 2. The van der Waals surface area contributed by atoms with Gasteiger partial charge >= 0.3 is 0 Å². The van der Waals surface area contributed by atoms with Crippen molar-refractivity contribution < 1.29 is 9.47 Å². The van der Waals surface area contributed by atoms with Crippen molar-refractivity contribution >= 4 is 0 Å². The molecule has 1 atom stereocenters. The van der Waals surface area contributed by atoms with E-state index in [0.29, 0.717) is 12.5 Å². The highest BCUT2D eigenvalue weighted by atomic mass is 16.5. The van der Waals surface area contributed by atoms with Crippen LogP contribution in [-0.4, -0.2) is 20.8 Å². The predicted molar refractivity (Wildman–Crippen MR) is 66.4 cm³/mol. The highest BCUT2D eigenvalue weighted by Crippen LogP contribution is 2.37. The minimum absolute atomic E-state index is 0.343. The van der Waals surface area contributed by atoms with Crippen LogP contribution in [0.4, 0.5) is 0 Å². The van der Waals surface area contributed by atoms with Crippen LogP contribution in [0.5, 0.6) is 11.5 Å². The van der Waals surface area contributed by atoms with E-state index in [0.717, 1.165) is 29.0 Å². The molecule has 0 spiro atoms. The van der Waals surface area contributed by atoms with E-state index in [2.05, 4.69) is 6.92 Å². The lowest BCUT2D eigenvalue weighted by atomic mass is 9.94. The summed E-state index contributed by atoms with van der Waals surface area (Å²) in [7, 11) is 3.37. The fraction of sp³-hybridized carbons (Fsp3) is 0.538. The summed E-state index contributed by atoms with van der Waals surface area (Å²) < 4.78 is 10.8. The van der Waals surface area contributed by atoms with Crippen LogP contribution in [0.2, 0.25) is 0 Å². The first-order chi connectivity index (χ1) is 7.63. The van der Waals surface area contributed by atoms with Gasteiger partial charge in [0, 0.05) is 5.56 Å². The molecule has 1 aromatic carbocycles. The van der Waals surface area contributed by atoms with Crippen LogP contribution in [0.25, 0.3) is 0 Å². The SMILES string of the molecule is COc1cc(C)cc(OC)c1C(C)CCN. The van der Waals surface area contributed by atoms with Crippen molar-refractivity contribution in [3.05, 3.63) is 23.3 Å². The molecule has 2 N–H and O–H groups in total. The minimum Gasteiger partial charge on any atom is -0.496 e. The van der Waals surface area contributed by atoms with Crippen LogP contribution in [-0.2, 0) is 0 Å². The van der Waals surface area contributed by atoms with Crippen molar-refractivity contribution in [2.75, 3.05) is 20.8 Å². The molecular formula is C13H21NO2. The van der Waals surface area contributed by atoms with Crippen LogP contribution in [0.15, 0.2) is 12.1 Å². The fourth-order valence-electron chi connectivity index (χ4n) is 1.95. The summed E-state index contributed by atoms with van der Waals surface area (Å²) in [5.41, 5.74) is 7.85. The molecule has 1 aromatic rings. The molecule has 0 fully saturated rings. The van der Waals surface area contributed by atoms with Crippen molar-refractivity contribution in [2.45, 2.75) is 26.2 Å². The normalized spacial score (nSPS) is 12.3. The first kappa shape index (κ1) is 12.8. The van der Waals surface area contributed by atoms with Crippen molar-refractivity contribution in [1.29, 1.82) is 0 Å². The van der Waals surface area contributed by atoms with Crippen molar-refractivity contribution in [3.63, 3.8) is 0 Å². The van der Waals surface area contributed by atoms with Crippen LogP contribution in [0.3, 0.4) is 0 Å². The van der Waals surface area contributed by atoms with E-state index in [1.54, 1.807) is 14.2 Å². The number of nitrogens with two attached hydrogens (primary N) is 1. The maximum absolute atomic E-state index is 5.60. The molecule has 0 bridgehead atoms. The molecule has 1 unspecified atom stereocenters. The number of benzene rings is 1. The Morgan fingerprint density at radius 2 is 1.69 bits per heavy atom. The van der Waals surface area contributed by atoms with Gasteiger partial charge in [-0.05, 0) is 43.5 Å². The second kappa shape index (κ2) is 5.75. The van der Waals surface area contributed by atoms with Crippen molar-refractivity contribution in [2.24, 2.45) is 5.73 Å². The molecule has 90 valence electrons. The first-order valence-corrected chi connectivity index (χ1v) is 5.56. The molecule has 0 amide bonds. The van der Waals surface area contributed by atoms with Gasteiger partial charge in [-0.25, -0.2) is 0 Å². The lowest BCUT2D eigenvalue weighted by molar-refractivity contribution is 0.378. The van der Waals surface area contributed by atoms with E-state index in [1.807, 2.05) is 19.1 Å². The summed E-state index contributed by atoms with van der Waals surface area (Å²) in [6.45, 7) is 4.84. The average molecular weight is 223 g/mol. The number of rotatable bonds is 5. The zero-order chi connectivity index (χ0) is 12.1. The van der Waals surface area contributed by atoms with Crippen LogP contribution >= 0.6 is 0 Å². The quantitative estimate of drug-likeness (QED) is 0.834. The van der Waals surface area contributed by atoms with Crippen LogP contribution < -0.4 is 15.2 Å². The molecule has 0 saturated heterocycles. The smallest absolute Gasteiger partial charge is 0.126 e. The van der Waals surface area contributed by atoms with Gasteiger partial charge in [0.1, 0.15) is 11.5 Å². The summed E-state index contributed by atoms with van der Waals surface area (Å²) in [5.74, 6) is 2.12. The largest absolute Gasteiger partial charge is 0.496 e. The van der Waals surface area contributed by atoms with Gasteiger partial charge in [-0.1, -0.05) is 6.92 Å². The molecule has 0 aliphatic rings. The van der Waals surface area contributed by atoms with E-state index < -0.39 is 0 Å². The molecule has 16 heavy (non-hydrogen) atoms. The van der Waals surface area contributed by atoms with E-state index in [-0.39, 0.29) is 0 Å². The molecule has 0 radical (unpaired) electrons. The van der Waals surface area contributed by atoms with Crippen LogP contribution in [0.1, 0.15) is 30.4 Å². The average Bonchev–Trinajstić information content (AvgIpc) is 2.27. The Labute approximate surface area is 97.6 Å². The van der Waals surface area contributed by atoms with E-state index >= 15 is 0 Å². The Kier molecular flexibility index (Phi) is 4.62. The highest BCUT2D eigenvalue weighted by molar-refractivity contribution is 5.49. The number of aryl methyl sites for hydroxylation is 1. The van der Waals surface area contributed by atoms with Crippen molar-refractivity contribution in [3.8, 4) is 11.5 Å². The van der Waals surface area contributed by atoms with Gasteiger partial charge in [0.15, 0.2) is 0 Å². The number of hydrogen-bond donors (Lipinski definition) is 1. The van der Waals surface area contributed by atoms with E-state index in [1.165, 1.54) is 0 Å². The molecule has 3 nitrogen and oxygen atoms in total. The summed E-state index contributed by atoms with van der Waals surface area (Å²) >= 11 is 0. The standard InChI is InChI=1S/C13H21NO2/c1-9-7-11(15-3)13(10(2)5-6-14)12(8-9)16-4/h7-8,10H,5-6,14H2,1-4H3. The monoisotopic (exact) mass is 223 g/mol. The van der Waals surface area contributed by atoms with Gasteiger partial charge in [0.25, 0.3) is 0 Å². The molecule has 0 heterocycles. The molecular weight excluding hydrogens is 202 g/mol. The lowest BCUT2D eigenvalue weighted by Crippen LogP contribution is -2.07. The second-order valence-corrected chi connectivity index (χ2v) is 4.06. The Bertz CT molecular complexity index is 325. The third-order valence-corrected chi connectivity index (χ3v) is 2.78. The zero-order valence-corrected chi connectivity index (χ0v) is 10.5. The van der Waals surface area contributed by atoms with Gasteiger partial charge in [0.2, 0.25) is 0 Å². The molecule has 0 aliphatic carbocycles. The summed E-state index contributed by atoms with van der Waals surface area (Å²) in [6, 6.07) is 4.07. The van der Waals surface area contributed by atoms with Gasteiger partial charge in [-0.2, -0.15) is 0 Å². The molecule has 1 rings (SSSR count). The summed E-state index contributed by atoms with van der Waals surface area (Å²) in [6.07, 6.45) is 0.926. The molecule has 3 heteroatoms. The Morgan fingerprint density at radius 1 is 1.19 bits per heavy atom. The maximum Gasteiger partial charge on any atom is 0.126 e. The van der Waals surface area contributed by atoms with E-state index in [4.69, 9.17) is 15.2 Å². The summed E-state index contributed by atoms with van der Waals surface area (Å²) in [4.78, 5) is 0. The second-order valence-electron chi connectivity index (χ2n) is 4.06. The Hall–Kier alpha value is -1.22. The van der Waals surface area contributed by atoms with Gasteiger partial charge < -0.3 is 15.2 Å². The maximum atomic E-state index is 5.60. The predicted octanol–water partition coefficient (Wildman–Crippen LogP) is 2.46. The lowest BCUT2D eigenvalue weighted by Gasteiger charge is -2.19. The zero-order valence-electron chi connectivity index (χ0n) is 10.5. The topological polar surface area (TPSA) is 44.5 Å². The minimum atomic E-state index is 0.343. The van der Waals surface area contributed by atoms with Gasteiger partial charge in [-0.15, -0.1) is 0 Å². The Balaban J connectivity index is 3.21. The molecule has 0 aromatic heterocycles. The third kappa shape index (κ3) is 2.67. The fourth-order valence-corrected chi connectivity index (χ4v) is 1.95. The first-order valence-electron chi connectivity index (χ1n) is 5.56. The Morgan fingerprint density at radius 3 is 2.06 bits per heavy atom. The van der Waals surface area contributed by atoms with Crippen LogP contribution in [0, 0.1) is 6.92 Å². The van der Waals surface area contributed by atoms with Gasteiger partial charge in [-0.3, -0.25) is 0 Å². The molecule has 0 aliphatic heterocycles. The summed E-state index contributed by atoms with van der Waals surface area (Å²) in [5, 5.41) is 0. The molecule has 0 saturated carbocycles.